The number of hydrogen-bond acceptors (Lipinski definition) is 4. The topological polar surface area (TPSA) is 53.1 Å². The zero-order valence-electron chi connectivity index (χ0n) is 10.0. The van der Waals surface area contributed by atoms with Gasteiger partial charge in [0, 0.05) is 30.8 Å². The molecule has 1 fully saturated rings. The van der Waals surface area contributed by atoms with Crippen LogP contribution >= 0.6 is 0 Å². The first kappa shape index (κ1) is 10.4. The molecule has 2 aromatic rings. The molecule has 1 saturated carbocycles. The van der Waals surface area contributed by atoms with Crippen LogP contribution < -0.4 is 4.74 Å². The Balaban J connectivity index is 1.62. The van der Waals surface area contributed by atoms with Crippen LogP contribution in [0.25, 0.3) is 0 Å². The fraction of sp³-hybridized carbons (Fsp3) is 0.500. The first-order valence-corrected chi connectivity index (χ1v) is 5.81. The highest BCUT2D eigenvalue weighted by Crippen LogP contribution is 2.39. The molecular weight excluding hydrogens is 218 g/mol. The van der Waals surface area contributed by atoms with Gasteiger partial charge in [-0.2, -0.15) is 0 Å². The van der Waals surface area contributed by atoms with Crippen molar-refractivity contribution < 1.29 is 9.26 Å². The molecule has 3 rings (SSSR count). The van der Waals surface area contributed by atoms with Crippen molar-refractivity contribution in [2.75, 3.05) is 0 Å². The number of nitrogens with zero attached hydrogens (tertiary/aromatic N) is 3. The van der Waals surface area contributed by atoms with Crippen molar-refractivity contribution in [3.05, 3.63) is 29.3 Å². The summed E-state index contributed by atoms with van der Waals surface area (Å²) in [4.78, 5) is 0. The molecule has 0 aliphatic heterocycles. The molecule has 2 aromatic heterocycles. The standard InChI is InChI=1S/C12H15N3O2/c1-8-5-12(13-15(8)2)16-7-10-6-11(14-17-10)9-3-4-9/h5-6,9H,3-4,7H2,1-2H3. The predicted molar refractivity (Wildman–Crippen MR) is 60.8 cm³/mol. The molecule has 0 aromatic carbocycles. The van der Waals surface area contributed by atoms with Gasteiger partial charge in [-0.05, 0) is 19.8 Å². The van der Waals surface area contributed by atoms with Crippen molar-refractivity contribution >= 4 is 0 Å². The summed E-state index contributed by atoms with van der Waals surface area (Å²) in [6.07, 6.45) is 2.46. The van der Waals surface area contributed by atoms with Crippen molar-refractivity contribution in [1.82, 2.24) is 14.9 Å². The summed E-state index contributed by atoms with van der Waals surface area (Å²) in [7, 11) is 1.89. The van der Waals surface area contributed by atoms with E-state index >= 15 is 0 Å². The Labute approximate surface area is 99.4 Å². The lowest BCUT2D eigenvalue weighted by Crippen LogP contribution is -1.96. The van der Waals surface area contributed by atoms with Crippen LogP contribution in [0.4, 0.5) is 0 Å². The summed E-state index contributed by atoms with van der Waals surface area (Å²) in [5.41, 5.74) is 2.12. The van der Waals surface area contributed by atoms with Gasteiger partial charge >= 0.3 is 0 Å². The van der Waals surface area contributed by atoms with Gasteiger partial charge in [0.05, 0.1) is 5.69 Å². The van der Waals surface area contributed by atoms with E-state index in [0.717, 1.165) is 17.1 Å². The summed E-state index contributed by atoms with van der Waals surface area (Å²) in [6.45, 7) is 2.37. The highest BCUT2D eigenvalue weighted by Gasteiger charge is 2.27. The molecule has 0 bridgehead atoms. The van der Waals surface area contributed by atoms with E-state index in [9.17, 15) is 0 Å². The van der Waals surface area contributed by atoms with Crippen molar-refractivity contribution in [3.8, 4) is 5.88 Å². The number of aryl methyl sites for hydroxylation is 2. The molecule has 1 aliphatic rings. The van der Waals surface area contributed by atoms with Crippen molar-refractivity contribution in [2.24, 2.45) is 7.05 Å². The monoisotopic (exact) mass is 233 g/mol. The minimum Gasteiger partial charge on any atom is -0.468 e. The molecular formula is C12H15N3O2. The Hall–Kier alpha value is -1.78. The molecule has 1 aliphatic carbocycles. The molecule has 90 valence electrons. The van der Waals surface area contributed by atoms with Gasteiger partial charge in [0.15, 0.2) is 12.4 Å². The lowest BCUT2D eigenvalue weighted by atomic mass is 10.3. The van der Waals surface area contributed by atoms with E-state index in [-0.39, 0.29) is 0 Å². The van der Waals surface area contributed by atoms with E-state index in [1.807, 2.05) is 26.1 Å². The van der Waals surface area contributed by atoms with Crippen molar-refractivity contribution in [2.45, 2.75) is 32.3 Å². The van der Waals surface area contributed by atoms with Crippen LogP contribution in [-0.4, -0.2) is 14.9 Å². The van der Waals surface area contributed by atoms with Gasteiger partial charge in [-0.3, -0.25) is 4.68 Å². The second kappa shape index (κ2) is 3.91. The largest absolute Gasteiger partial charge is 0.468 e. The van der Waals surface area contributed by atoms with E-state index < -0.39 is 0 Å². The van der Waals surface area contributed by atoms with Crippen LogP contribution in [0.3, 0.4) is 0 Å². The smallest absolute Gasteiger partial charge is 0.233 e. The van der Waals surface area contributed by atoms with Crippen molar-refractivity contribution in [3.63, 3.8) is 0 Å². The third-order valence-corrected chi connectivity index (χ3v) is 3.03. The van der Waals surface area contributed by atoms with Crippen LogP contribution in [-0.2, 0) is 13.7 Å². The van der Waals surface area contributed by atoms with Gasteiger partial charge in [-0.15, -0.1) is 5.10 Å². The van der Waals surface area contributed by atoms with Crippen LogP contribution in [0.5, 0.6) is 5.88 Å². The maximum absolute atomic E-state index is 5.54. The van der Waals surface area contributed by atoms with E-state index in [1.54, 1.807) is 4.68 Å². The van der Waals surface area contributed by atoms with Gasteiger partial charge in [0.25, 0.3) is 0 Å². The second-order valence-electron chi connectivity index (χ2n) is 4.53. The van der Waals surface area contributed by atoms with E-state index in [2.05, 4.69) is 10.3 Å². The lowest BCUT2D eigenvalue weighted by Gasteiger charge is -1.97. The summed E-state index contributed by atoms with van der Waals surface area (Å²) < 4.78 is 12.5. The van der Waals surface area contributed by atoms with Gasteiger partial charge in [-0.25, -0.2) is 0 Å². The molecule has 0 saturated heterocycles. The molecule has 0 atom stereocenters. The van der Waals surface area contributed by atoms with E-state index in [4.69, 9.17) is 9.26 Å². The molecule has 5 heteroatoms. The van der Waals surface area contributed by atoms with Gasteiger partial charge < -0.3 is 9.26 Å². The molecule has 0 amide bonds. The fourth-order valence-electron chi connectivity index (χ4n) is 1.71. The number of hydrogen-bond donors (Lipinski definition) is 0. The Morgan fingerprint density at radius 3 is 2.94 bits per heavy atom. The fourth-order valence-corrected chi connectivity index (χ4v) is 1.71. The number of aromatic nitrogens is 3. The first-order chi connectivity index (χ1) is 8.22. The highest BCUT2D eigenvalue weighted by molar-refractivity contribution is 5.17. The maximum atomic E-state index is 5.54. The SMILES string of the molecule is Cc1cc(OCc2cc(C3CC3)no2)nn1C. The summed E-state index contributed by atoms with van der Waals surface area (Å²) in [5.74, 6) is 1.99. The van der Waals surface area contributed by atoms with E-state index in [1.165, 1.54) is 12.8 Å². The second-order valence-corrected chi connectivity index (χ2v) is 4.53. The summed E-state index contributed by atoms with van der Waals surface area (Å²) in [5, 5.41) is 8.24. The maximum Gasteiger partial charge on any atom is 0.233 e. The van der Waals surface area contributed by atoms with Gasteiger partial charge in [-0.1, -0.05) is 5.16 Å². The average molecular weight is 233 g/mol. The molecule has 0 N–H and O–H groups in total. The van der Waals surface area contributed by atoms with Gasteiger partial charge in [0.1, 0.15) is 0 Å². The van der Waals surface area contributed by atoms with Crippen LogP contribution in [0.2, 0.25) is 0 Å². The third-order valence-electron chi connectivity index (χ3n) is 3.03. The molecule has 0 unspecified atom stereocenters. The molecule has 2 heterocycles. The molecule has 0 radical (unpaired) electrons. The van der Waals surface area contributed by atoms with Crippen LogP contribution in [0.1, 0.15) is 35.9 Å². The van der Waals surface area contributed by atoms with Crippen LogP contribution in [0.15, 0.2) is 16.7 Å². The third kappa shape index (κ3) is 2.18. The zero-order chi connectivity index (χ0) is 11.8. The average Bonchev–Trinajstić information content (AvgIpc) is 2.96. The predicted octanol–water partition coefficient (Wildman–Crippen LogP) is 2.17. The minimum absolute atomic E-state index is 0.385. The Kier molecular flexibility index (Phi) is 2.39. The normalized spacial score (nSPS) is 15.2. The number of rotatable bonds is 4. The van der Waals surface area contributed by atoms with Gasteiger partial charge in [0.2, 0.25) is 5.88 Å². The lowest BCUT2D eigenvalue weighted by molar-refractivity contribution is 0.239. The summed E-state index contributed by atoms with van der Waals surface area (Å²) >= 11 is 0. The summed E-state index contributed by atoms with van der Waals surface area (Å²) in [6, 6.07) is 3.88. The highest BCUT2D eigenvalue weighted by atomic mass is 16.5. The number of ether oxygens (including phenoxy) is 1. The molecule has 0 spiro atoms. The molecule has 5 nitrogen and oxygen atoms in total. The first-order valence-electron chi connectivity index (χ1n) is 5.81. The minimum atomic E-state index is 0.385. The molecule has 17 heavy (non-hydrogen) atoms. The van der Waals surface area contributed by atoms with E-state index in [0.29, 0.717) is 18.4 Å². The van der Waals surface area contributed by atoms with Crippen molar-refractivity contribution in [1.29, 1.82) is 0 Å². The zero-order valence-corrected chi connectivity index (χ0v) is 10.0. The quantitative estimate of drug-likeness (QED) is 0.812. The Bertz CT molecular complexity index is 506. The van der Waals surface area contributed by atoms with Crippen LogP contribution in [0, 0.1) is 6.92 Å². The Morgan fingerprint density at radius 1 is 1.47 bits per heavy atom. The Morgan fingerprint density at radius 2 is 2.29 bits per heavy atom.